The third-order valence-electron chi connectivity index (χ3n) is 4.31. The minimum atomic E-state index is -0.353. The third-order valence-corrected chi connectivity index (χ3v) is 5.51. The second-order valence-corrected chi connectivity index (χ2v) is 7.57. The average molecular weight is 309 g/mol. The fraction of sp³-hybridized carbons (Fsp3) is 0.750. The maximum Gasteiger partial charge on any atom is 0.224 e. The molecule has 0 bridgehead atoms. The summed E-state index contributed by atoms with van der Waals surface area (Å²) in [5.74, 6) is 0.533. The lowest BCUT2D eigenvalue weighted by molar-refractivity contribution is -0.128. The van der Waals surface area contributed by atoms with Crippen molar-refractivity contribution in [3.63, 3.8) is 0 Å². The number of nitrogens with zero attached hydrogens (tertiary/aromatic N) is 1. The van der Waals surface area contributed by atoms with Crippen LogP contribution in [0.1, 0.15) is 63.1 Å². The van der Waals surface area contributed by atoms with Crippen LogP contribution in [0.5, 0.6) is 0 Å². The summed E-state index contributed by atoms with van der Waals surface area (Å²) in [6.45, 7) is 6.95. The van der Waals surface area contributed by atoms with Crippen LogP contribution in [0.3, 0.4) is 0 Å². The fourth-order valence-corrected chi connectivity index (χ4v) is 3.80. The van der Waals surface area contributed by atoms with E-state index in [9.17, 15) is 4.79 Å². The normalized spacial score (nSPS) is 26.0. The van der Waals surface area contributed by atoms with Crippen LogP contribution in [0.4, 0.5) is 0 Å². The zero-order valence-corrected chi connectivity index (χ0v) is 14.1. The van der Waals surface area contributed by atoms with E-state index in [2.05, 4.69) is 29.5 Å². The summed E-state index contributed by atoms with van der Waals surface area (Å²) in [6.07, 6.45) is 4.88. The van der Waals surface area contributed by atoms with Crippen LogP contribution in [-0.4, -0.2) is 23.0 Å². The number of rotatable bonds is 5. The van der Waals surface area contributed by atoms with E-state index in [1.54, 1.807) is 11.3 Å². The van der Waals surface area contributed by atoms with E-state index in [0.29, 0.717) is 12.5 Å². The Bertz CT molecular complexity index is 482. The molecule has 1 saturated carbocycles. The van der Waals surface area contributed by atoms with Crippen molar-refractivity contribution < 1.29 is 4.79 Å². The summed E-state index contributed by atoms with van der Waals surface area (Å²) in [6, 6.07) is 0. The Morgan fingerprint density at radius 3 is 2.95 bits per heavy atom. The molecular formula is C16H27N3OS. The SMILES string of the molecule is CC(C)c1nc(CCNC(=O)C2CCCCC2(C)N)cs1. The molecule has 5 heteroatoms. The smallest absolute Gasteiger partial charge is 0.224 e. The van der Waals surface area contributed by atoms with Gasteiger partial charge >= 0.3 is 0 Å². The van der Waals surface area contributed by atoms with Gasteiger partial charge in [0.05, 0.1) is 16.6 Å². The van der Waals surface area contributed by atoms with Crippen LogP contribution in [0.15, 0.2) is 5.38 Å². The molecule has 1 heterocycles. The van der Waals surface area contributed by atoms with E-state index in [1.807, 2.05) is 6.92 Å². The lowest BCUT2D eigenvalue weighted by Crippen LogP contribution is -2.53. The van der Waals surface area contributed by atoms with Crippen molar-refractivity contribution >= 4 is 17.2 Å². The predicted octanol–water partition coefficient (Wildman–Crippen LogP) is 2.83. The highest BCUT2D eigenvalue weighted by atomic mass is 32.1. The number of carbonyl (C=O) groups is 1. The number of thiazole rings is 1. The molecule has 1 aliphatic carbocycles. The summed E-state index contributed by atoms with van der Waals surface area (Å²) >= 11 is 1.70. The third kappa shape index (κ3) is 4.27. The van der Waals surface area contributed by atoms with Gasteiger partial charge in [0.2, 0.25) is 5.91 Å². The number of hydrogen-bond donors (Lipinski definition) is 2. The van der Waals surface area contributed by atoms with Gasteiger partial charge in [-0.05, 0) is 19.8 Å². The molecule has 1 aliphatic rings. The molecule has 1 aromatic rings. The van der Waals surface area contributed by atoms with E-state index in [0.717, 1.165) is 42.8 Å². The van der Waals surface area contributed by atoms with Crippen molar-refractivity contribution in [2.45, 2.75) is 64.3 Å². The highest BCUT2D eigenvalue weighted by Crippen LogP contribution is 2.31. The van der Waals surface area contributed by atoms with Gasteiger partial charge < -0.3 is 11.1 Å². The van der Waals surface area contributed by atoms with Crippen LogP contribution >= 0.6 is 11.3 Å². The zero-order chi connectivity index (χ0) is 15.5. The molecule has 0 aliphatic heterocycles. The molecule has 21 heavy (non-hydrogen) atoms. The molecule has 1 amide bonds. The molecule has 0 spiro atoms. The van der Waals surface area contributed by atoms with Crippen LogP contribution in [0.2, 0.25) is 0 Å². The van der Waals surface area contributed by atoms with Gasteiger partial charge in [0, 0.05) is 29.8 Å². The molecule has 1 aromatic heterocycles. The summed E-state index contributed by atoms with van der Waals surface area (Å²) in [4.78, 5) is 16.9. The van der Waals surface area contributed by atoms with Gasteiger partial charge in [-0.25, -0.2) is 4.98 Å². The van der Waals surface area contributed by atoms with Gasteiger partial charge in [0.25, 0.3) is 0 Å². The highest BCUT2D eigenvalue weighted by Gasteiger charge is 2.37. The molecular weight excluding hydrogens is 282 g/mol. The van der Waals surface area contributed by atoms with Crippen molar-refractivity contribution in [2.75, 3.05) is 6.54 Å². The van der Waals surface area contributed by atoms with E-state index >= 15 is 0 Å². The average Bonchev–Trinajstić information content (AvgIpc) is 2.87. The van der Waals surface area contributed by atoms with Gasteiger partial charge in [-0.3, -0.25) is 4.79 Å². The van der Waals surface area contributed by atoms with E-state index in [1.165, 1.54) is 0 Å². The summed E-state index contributed by atoms with van der Waals surface area (Å²) in [5.41, 5.74) is 6.99. The second-order valence-electron chi connectivity index (χ2n) is 6.68. The second kappa shape index (κ2) is 6.88. The Morgan fingerprint density at radius 1 is 1.57 bits per heavy atom. The topological polar surface area (TPSA) is 68.0 Å². The van der Waals surface area contributed by atoms with Gasteiger partial charge in [-0.15, -0.1) is 11.3 Å². The molecule has 2 unspecified atom stereocenters. The molecule has 0 radical (unpaired) electrons. The van der Waals surface area contributed by atoms with E-state index < -0.39 is 0 Å². The lowest BCUT2D eigenvalue weighted by Gasteiger charge is -2.37. The Hall–Kier alpha value is -0.940. The molecule has 0 aromatic carbocycles. The van der Waals surface area contributed by atoms with Gasteiger partial charge in [0.1, 0.15) is 0 Å². The largest absolute Gasteiger partial charge is 0.355 e. The van der Waals surface area contributed by atoms with Gasteiger partial charge in [0.15, 0.2) is 0 Å². The number of amides is 1. The maximum atomic E-state index is 12.3. The molecule has 2 rings (SSSR count). The first-order valence-electron chi connectivity index (χ1n) is 7.91. The number of nitrogens with two attached hydrogens (primary N) is 1. The van der Waals surface area contributed by atoms with Gasteiger partial charge in [-0.1, -0.05) is 26.7 Å². The Morgan fingerprint density at radius 2 is 2.33 bits per heavy atom. The van der Waals surface area contributed by atoms with Crippen molar-refractivity contribution in [3.05, 3.63) is 16.1 Å². The minimum Gasteiger partial charge on any atom is -0.355 e. The summed E-state index contributed by atoms with van der Waals surface area (Å²) < 4.78 is 0. The van der Waals surface area contributed by atoms with Crippen molar-refractivity contribution in [2.24, 2.45) is 11.7 Å². The number of carbonyl (C=O) groups excluding carboxylic acids is 1. The first-order valence-corrected chi connectivity index (χ1v) is 8.79. The van der Waals surface area contributed by atoms with Crippen LogP contribution in [0.25, 0.3) is 0 Å². The molecule has 3 N–H and O–H groups in total. The van der Waals surface area contributed by atoms with Crippen LogP contribution < -0.4 is 11.1 Å². The Kier molecular flexibility index (Phi) is 5.38. The summed E-state index contributed by atoms with van der Waals surface area (Å²) in [5, 5.41) is 6.30. The standard InChI is InChI=1S/C16H27N3OS/c1-11(2)15-19-12(10-21-15)7-9-18-14(20)13-6-4-5-8-16(13,3)17/h10-11,13H,4-9,17H2,1-3H3,(H,18,20). The molecule has 4 nitrogen and oxygen atoms in total. The molecule has 118 valence electrons. The Labute approximate surface area is 131 Å². The number of nitrogens with one attached hydrogen (secondary N) is 1. The zero-order valence-electron chi connectivity index (χ0n) is 13.3. The van der Waals surface area contributed by atoms with E-state index in [4.69, 9.17) is 5.73 Å². The van der Waals surface area contributed by atoms with Crippen LogP contribution in [0, 0.1) is 5.92 Å². The number of aromatic nitrogens is 1. The van der Waals surface area contributed by atoms with Gasteiger partial charge in [-0.2, -0.15) is 0 Å². The molecule has 0 saturated heterocycles. The van der Waals surface area contributed by atoms with Crippen molar-refractivity contribution in [1.29, 1.82) is 0 Å². The predicted molar refractivity (Wildman–Crippen MR) is 87.5 cm³/mol. The highest BCUT2D eigenvalue weighted by molar-refractivity contribution is 7.09. The lowest BCUT2D eigenvalue weighted by atomic mass is 9.74. The number of hydrogen-bond acceptors (Lipinski definition) is 4. The quantitative estimate of drug-likeness (QED) is 0.879. The molecule has 1 fully saturated rings. The monoisotopic (exact) mass is 309 g/mol. The first kappa shape index (κ1) is 16.4. The minimum absolute atomic E-state index is 0.0482. The Balaban J connectivity index is 1.81. The van der Waals surface area contributed by atoms with Crippen molar-refractivity contribution in [1.82, 2.24) is 10.3 Å². The first-order chi connectivity index (χ1) is 9.90. The maximum absolute atomic E-state index is 12.3. The van der Waals surface area contributed by atoms with E-state index in [-0.39, 0.29) is 17.4 Å². The summed E-state index contributed by atoms with van der Waals surface area (Å²) in [7, 11) is 0. The molecule has 2 atom stereocenters. The van der Waals surface area contributed by atoms with Crippen LogP contribution in [-0.2, 0) is 11.2 Å². The fourth-order valence-electron chi connectivity index (χ4n) is 2.93. The van der Waals surface area contributed by atoms with Crippen molar-refractivity contribution in [3.8, 4) is 0 Å².